The van der Waals surface area contributed by atoms with E-state index in [1.807, 2.05) is 0 Å². The Morgan fingerprint density at radius 1 is 1.11 bits per heavy atom. The summed E-state index contributed by atoms with van der Waals surface area (Å²) in [5.41, 5.74) is 1.06. The third-order valence-corrected chi connectivity index (χ3v) is 3.93. The highest BCUT2D eigenvalue weighted by molar-refractivity contribution is 8.04. The Labute approximate surface area is 111 Å². The highest BCUT2D eigenvalue weighted by Crippen LogP contribution is 2.29. The van der Waals surface area contributed by atoms with Crippen LogP contribution in [0.5, 0.6) is 0 Å². The number of rotatable bonds is 4. The molecule has 0 aromatic heterocycles. The summed E-state index contributed by atoms with van der Waals surface area (Å²) < 4.78 is 0. The minimum absolute atomic E-state index is 0.0149. The van der Waals surface area contributed by atoms with Crippen LogP contribution in [0.2, 0.25) is 0 Å². The van der Waals surface area contributed by atoms with Crippen LogP contribution in [-0.4, -0.2) is 17.3 Å². The van der Waals surface area contributed by atoms with E-state index in [2.05, 4.69) is 13.8 Å². The van der Waals surface area contributed by atoms with Gasteiger partial charge in [-0.3, -0.25) is 9.59 Å². The van der Waals surface area contributed by atoms with Crippen molar-refractivity contribution in [3.8, 4) is 0 Å². The summed E-state index contributed by atoms with van der Waals surface area (Å²) in [5, 5.41) is 0. The van der Waals surface area contributed by atoms with Crippen molar-refractivity contribution in [2.45, 2.75) is 20.3 Å². The molecule has 94 valence electrons. The molecule has 0 N–H and O–H groups in total. The summed E-state index contributed by atoms with van der Waals surface area (Å²) in [5.74, 6) is 1.42. The fraction of sp³-hybridized carbons (Fsp3) is 0.333. The number of benzene rings is 1. The van der Waals surface area contributed by atoms with E-state index >= 15 is 0 Å². The second-order valence-corrected chi connectivity index (χ2v) is 5.92. The fourth-order valence-electron chi connectivity index (χ4n) is 1.80. The normalized spacial score (nSPS) is 14.7. The molecule has 0 spiro atoms. The highest BCUT2D eigenvalue weighted by Gasteiger charge is 2.24. The van der Waals surface area contributed by atoms with Crippen LogP contribution in [0.1, 0.15) is 41.0 Å². The first-order valence-corrected chi connectivity index (χ1v) is 7.10. The molecule has 18 heavy (non-hydrogen) atoms. The van der Waals surface area contributed by atoms with Gasteiger partial charge in [0, 0.05) is 17.2 Å². The average molecular weight is 260 g/mol. The third kappa shape index (κ3) is 2.72. The van der Waals surface area contributed by atoms with Gasteiger partial charge in [0.05, 0.1) is 4.91 Å². The number of ketones is 2. The molecular weight excluding hydrogens is 244 g/mol. The van der Waals surface area contributed by atoms with Crippen molar-refractivity contribution in [3.05, 3.63) is 46.4 Å². The summed E-state index contributed by atoms with van der Waals surface area (Å²) >= 11 is 1.49. The summed E-state index contributed by atoms with van der Waals surface area (Å²) in [6.45, 7) is 4.30. The first-order chi connectivity index (χ1) is 8.59. The van der Waals surface area contributed by atoms with Gasteiger partial charge in [-0.05, 0) is 18.1 Å². The van der Waals surface area contributed by atoms with Gasteiger partial charge in [0.15, 0.2) is 11.6 Å². The van der Waals surface area contributed by atoms with Gasteiger partial charge in [-0.25, -0.2) is 0 Å². The summed E-state index contributed by atoms with van der Waals surface area (Å²) in [6, 6.07) is 7.02. The molecule has 1 aromatic carbocycles. The smallest absolute Gasteiger partial charge is 0.200 e. The van der Waals surface area contributed by atoms with Crippen molar-refractivity contribution >= 4 is 23.3 Å². The van der Waals surface area contributed by atoms with Gasteiger partial charge >= 0.3 is 0 Å². The van der Waals surface area contributed by atoms with Gasteiger partial charge in [0.2, 0.25) is 0 Å². The van der Waals surface area contributed by atoms with Crippen LogP contribution in [0.15, 0.2) is 35.2 Å². The van der Waals surface area contributed by atoms with Crippen molar-refractivity contribution in [2.24, 2.45) is 5.92 Å². The fourth-order valence-corrected chi connectivity index (χ4v) is 3.04. The van der Waals surface area contributed by atoms with Crippen molar-refractivity contribution in [2.75, 3.05) is 5.75 Å². The number of hydrogen-bond acceptors (Lipinski definition) is 3. The maximum absolute atomic E-state index is 12.2. The molecule has 3 heteroatoms. The topological polar surface area (TPSA) is 34.1 Å². The average Bonchev–Trinajstić information content (AvgIpc) is 2.35. The predicted molar refractivity (Wildman–Crippen MR) is 75.1 cm³/mol. The summed E-state index contributed by atoms with van der Waals surface area (Å²) in [6.07, 6.45) is 2.53. The lowest BCUT2D eigenvalue weighted by Crippen LogP contribution is -2.15. The molecule has 0 heterocycles. The van der Waals surface area contributed by atoms with Crippen LogP contribution in [0.4, 0.5) is 0 Å². The van der Waals surface area contributed by atoms with Crippen LogP contribution >= 0.6 is 11.8 Å². The maximum atomic E-state index is 12.2. The summed E-state index contributed by atoms with van der Waals surface area (Å²) in [4.78, 5) is 24.7. The first kappa shape index (κ1) is 13.1. The Morgan fingerprint density at radius 2 is 1.78 bits per heavy atom. The monoisotopic (exact) mass is 260 g/mol. The molecule has 0 saturated heterocycles. The number of fused-ring (bicyclic) bond motifs is 1. The Bertz CT molecular complexity index is 515. The van der Waals surface area contributed by atoms with Crippen molar-refractivity contribution in [3.63, 3.8) is 0 Å². The largest absolute Gasteiger partial charge is 0.289 e. The quantitative estimate of drug-likeness (QED) is 0.827. The van der Waals surface area contributed by atoms with Crippen molar-refractivity contribution in [1.29, 1.82) is 0 Å². The molecule has 0 saturated carbocycles. The van der Waals surface area contributed by atoms with E-state index in [1.165, 1.54) is 17.8 Å². The van der Waals surface area contributed by atoms with E-state index in [4.69, 9.17) is 0 Å². The van der Waals surface area contributed by atoms with E-state index in [-0.39, 0.29) is 11.6 Å². The van der Waals surface area contributed by atoms with Crippen LogP contribution < -0.4 is 0 Å². The van der Waals surface area contributed by atoms with E-state index in [0.29, 0.717) is 21.9 Å². The van der Waals surface area contributed by atoms with Crippen LogP contribution in [-0.2, 0) is 0 Å². The molecule has 1 aromatic rings. The Kier molecular flexibility index (Phi) is 4.02. The predicted octanol–water partition coefficient (Wildman–Crippen LogP) is 3.73. The van der Waals surface area contributed by atoms with Crippen molar-refractivity contribution < 1.29 is 9.59 Å². The minimum Gasteiger partial charge on any atom is -0.289 e. The number of allylic oxidation sites excluding steroid dienone is 2. The zero-order chi connectivity index (χ0) is 13.1. The number of carbonyl (C=O) groups is 2. The van der Waals surface area contributed by atoms with Crippen LogP contribution in [0.25, 0.3) is 0 Å². The molecule has 0 aliphatic heterocycles. The lowest BCUT2D eigenvalue weighted by atomic mass is 9.95. The Balaban J connectivity index is 2.16. The van der Waals surface area contributed by atoms with Crippen LogP contribution in [0, 0.1) is 5.92 Å². The molecule has 0 bridgehead atoms. The molecule has 0 unspecified atom stereocenters. The van der Waals surface area contributed by atoms with Gasteiger partial charge in [0.25, 0.3) is 0 Å². The van der Waals surface area contributed by atoms with Gasteiger partial charge in [-0.2, -0.15) is 0 Å². The number of hydrogen-bond donors (Lipinski definition) is 0. The molecule has 0 amide bonds. The lowest BCUT2D eigenvalue weighted by Gasteiger charge is -2.14. The number of carbonyl (C=O) groups excluding carboxylic acids is 2. The van der Waals surface area contributed by atoms with Gasteiger partial charge in [-0.1, -0.05) is 38.1 Å². The molecule has 0 radical (unpaired) electrons. The zero-order valence-electron chi connectivity index (χ0n) is 10.6. The molecule has 1 aliphatic rings. The molecule has 2 rings (SSSR count). The Morgan fingerprint density at radius 3 is 2.44 bits per heavy atom. The van der Waals surface area contributed by atoms with Gasteiger partial charge in [0.1, 0.15) is 0 Å². The zero-order valence-corrected chi connectivity index (χ0v) is 11.4. The Hall–Kier alpha value is -1.35. The van der Waals surface area contributed by atoms with Crippen molar-refractivity contribution in [1.82, 2.24) is 0 Å². The lowest BCUT2D eigenvalue weighted by molar-refractivity contribution is 0.0991. The van der Waals surface area contributed by atoms with Crippen LogP contribution in [0.3, 0.4) is 0 Å². The SMILES string of the molecule is CC(C)CCSC1=CC(=O)c2ccccc2C1=O. The first-order valence-electron chi connectivity index (χ1n) is 6.12. The minimum atomic E-state index is -0.0581. The third-order valence-electron chi connectivity index (χ3n) is 2.88. The highest BCUT2D eigenvalue weighted by atomic mass is 32.2. The summed E-state index contributed by atoms with van der Waals surface area (Å²) in [7, 11) is 0. The van der Waals surface area contributed by atoms with Gasteiger partial charge < -0.3 is 0 Å². The van der Waals surface area contributed by atoms with E-state index in [9.17, 15) is 9.59 Å². The second-order valence-electron chi connectivity index (χ2n) is 4.78. The standard InChI is InChI=1S/C15H16O2S/c1-10(2)7-8-18-14-9-13(16)11-5-3-4-6-12(11)15(14)17/h3-6,9-10H,7-8H2,1-2H3. The molecule has 1 aliphatic carbocycles. The maximum Gasteiger partial charge on any atom is 0.200 e. The molecular formula is C15H16O2S. The van der Waals surface area contributed by atoms with Gasteiger partial charge in [-0.15, -0.1) is 11.8 Å². The molecule has 2 nitrogen and oxygen atoms in total. The number of Topliss-reactive ketones (excluding diaryl/α,β-unsaturated/α-hetero) is 1. The second kappa shape index (κ2) is 5.53. The van der Waals surface area contributed by atoms with E-state index in [1.54, 1.807) is 24.3 Å². The van der Waals surface area contributed by atoms with E-state index in [0.717, 1.165) is 12.2 Å². The van der Waals surface area contributed by atoms with E-state index < -0.39 is 0 Å². The molecule has 0 fully saturated rings. The molecule has 0 atom stereocenters. The number of thioether (sulfide) groups is 1.